The van der Waals surface area contributed by atoms with Crippen LogP contribution in [0.3, 0.4) is 0 Å². The van der Waals surface area contributed by atoms with Crippen molar-refractivity contribution in [2.75, 3.05) is 0 Å². The number of aromatic nitrogens is 2. The summed E-state index contributed by atoms with van der Waals surface area (Å²) in [7, 11) is 1.76. The van der Waals surface area contributed by atoms with Crippen LogP contribution >= 0.6 is 0 Å². The van der Waals surface area contributed by atoms with E-state index >= 15 is 0 Å². The normalized spacial score (nSPS) is 11.1. The van der Waals surface area contributed by atoms with E-state index in [4.69, 9.17) is 9.68 Å². The summed E-state index contributed by atoms with van der Waals surface area (Å²) >= 11 is 0. The van der Waals surface area contributed by atoms with Gasteiger partial charge in [-0.05, 0) is 18.2 Å². The molecule has 0 spiro atoms. The predicted octanol–water partition coefficient (Wildman–Crippen LogP) is 1.24. The molecule has 0 saturated heterocycles. The molecule has 0 radical (unpaired) electrons. The van der Waals surface area contributed by atoms with Crippen molar-refractivity contribution >= 4 is 12.0 Å². The molecule has 2 aromatic heterocycles. The van der Waals surface area contributed by atoms with Gasteiger partial charge in [-0.3, -0.25) is 9.48 Å². The molecule has 2 aromatic rings. The third kappa shape index (κ3) is 3.33. The SMILES string of the molecule is Cn1cc(/C=C(\C#N)C(=O)NCc2ccco2)cn1. The molecule has 6 heteroatoms. The number of carbonyl (C=O) groups excluding carboxylic acids is 1. The summed E-state index contributed by atoms with van der Waals surface area (Å²) in [5.41, 5.74) is 0.728. The van der Waals surface area contributed by atoms with Crippen LogP contribution in [0.15, 0.2) is 40.8 Å². The first-order valence-corrected chi connectivity index (χ1v) is 5.60. The van der Waals surface area contributed by atoms with Crippen LogP contribution in [-0.2, 0) is 18.4 Å². The zero-order valence-electron chi connectivity index (χ0n) is 10.3. The average Bonchev–Trinajstić information content (AvgIpc) is 3.04. The van der Waals surface area contributed by atoms with Gasteiger partial charge in [0, 0.05) is 18.8 Å². The van der Waals surface area contributed by atoms with E-state index in [-0.39, 0.29) is 12.1 Å². The molecule has 2 heterocycles. The fraction of sp³-hybridized carbons (Fsp3) is 0.154. The number of hydrogen-bond donors (Lipinski definition) is 1. The first-order valence-electron chi connectivity index (χ1n) is 5.60. The Labute approximate surface area is 109 Å². The lowest BCUT2D eigenvalue weighted by Gasteiger charge is -2.01. The van der Waals surface area contributed by atoms with E-state index < -0.39 is 5.91 Å². The van der Waals surface area contributed by atoms with E-state index in [1.807, 2.05) is 6.07 Å². The number of aryl methyl sites for hydroxylation is 1. The molecule has 0 atom stereocenters. The molecular formula is C13H12N4O2. The van der Waals surface area contributed by atoms with Crippen LogP contribution in [-0.4, -0.2) is 15.7 Å². The van der Waals surface area contributed by atoms with Crippen LogP contribution in [0.25, 0.3) is 6.08 Å². The maximum absolute atomic E-state index is 11.8. The molecule has 0 saturated carbocycles. The van der Waals surface area contributed by atoms with Gasteiger partial charge in [-0.2, -0.15) is 10.4 Å². The second-order valence-electron chi connectivity index (χ2n) is 3.88. The number of furan rings is 1. The van der Waals surface area contributed by atoms with Crippen molar-refractivity contribution in [1.82, 2.24) is 15.1 Å². The number of nitrogens with zero attached hydrogens (tertiary/aromatic N) is 3. The molecule has 96 valence electrons. The van der Waals surface area contributed by atoms with Crippen molar-refractivity contribution in [2.24, 2.45) is 7.05 Å². The maximum atomic E-state index is 11.8. The Bertz CT molecular complexity index is 632. The fourth-order valence-corrected chi connectivity index (χ4v) is 1.51. The number of nitriles is 1. The van der Waals surface area contributed by atoms with E-state index in [0.29, 0.717) is 11.3 Å². The highest BCUT2D eigenvalue weighted by Gasteiger charge is 2.09. The molecule has 0 aromatic carbocycles. The molecular weight excluding hydrogens is 244 g/mol. The topological polar surface area (TPSA) is 83.9 Å². The zero-order chi connectivity index (χ0) is 13.7. The molecule has 19 heavy (non-hydrogen) atoms. The molecule has 0 aliphatic rings. The van der Waals surface area contributed by atoms with Crippen LogP contribution in [0.5, 0.6) is 0 Å². The molecule has 1 N–H and O–H groups in total. The number of carbonyl (C=O) groups is 1. The smallest absolute Gasteiger partial charge is 0.262 e. The second kappa shape index (κ2) is 5.69. The van der Waals surface area contributed by atoms with Gasteiger partial charge in [-0.25, -0.2) is 0 Å². The number of nitrogens with one attached hydrogen (secondary N) is 1. The lowest BCUT2D eigenvalue weighted by Crippen LogP contribution is -2.23. The van der Waals surface area contributed by atoms with Crippen LogP contribution in [0.4, 0.5) is 0 Å². The lowest BCUT2D eigenvalue weighted by molar-refractivity contribution is -0.117. The van der Waals surface area contributed by atoms with Gasteiger partial charge in [0.25, 0.3) is 5.91 Å². The van der Waals surface area contributed by atoms with Gasteiger partial charge >= 0.3 is 0 Å². The minimum Gasteiger partial charge on any atom is -0.467 e. The molecule has 6 nitrogen and oxygen atoms in total. The van der Waals surface area contributed by atoms with E-state index in [1.165, 1.54) is 12.3 Å². The monoisotopic (exact) mass is 256 g/mol. The van der Waals surface area contributed by atoms with Crippen LogP contribution < -0.4 is 5.32 Å². The van der Waals surface area contributed by atoms with Gasteiger partial charge in [0.1, 0.15) is 17.4 Å². The van der Waals surface area contributed by atoms with E-state index in [0.717, 1.165) is 0 Å². The minimum absolute atomic E-state index is 0.0274. The number of hydrogen-bond acceptors (Lipinski definition) is 4. The van der Waals surface area contributed by atoms with Crippen molar-refractivity contribution in [1.29, 1.82) is 5.26 Å². The van der Waals surface area contributed by atoms with Gasteiger partial charge in [0.15, 0.2) is 0 Å². The Morgan fingerprint density at radius 1 is 1.68 bits per heavy atom. The Hall–Kier alpha value is -2.81. The zero-order valence-corrected chi connectivity index (χ0v) is 10.3. The van der Waals surface area contributed by atoms with E-state index in [9.17, 15) is 4.79 Å². The third-order valence-corrected chi connectivity index (χ3v) is 2.40. The summed E-state index contributed by atoms with van der Waals surface area (Å²) < 4.78 is 6.69. The van der Waals surface area contributed by atoms with Crippen molar-refractivity contribution in [3.05, 3.63) is 47.7 Å². The summed E-state index contributed by atoms with van der Waals surface area (Å²) in [4.78, 5) is 11.8. The van der Waals surface area contributed by atoms with E-state index in [1.54, 1.807) is 36.3 Å². The lowest BCUT2D eigenvalue weighted by atomic mass is 10.2. The minimum atomic E-state index is -0.442. The molecule has 0 aliphatic carbocycles. The van der Waals surface area contributed by atoms with E-state index in [2.05, 4.69) is 10.4 Å². The maximum Gasteiger partial charge on any atom is 0.262 e. The Kier molecular flexibility index (Phi) is 3.78. The molecule has 0 fully saturated rings. The molecule has 0 aliphatic heterocycles. The Morgan fingerprint density at radius 2 is 2.53 bits per heavy atom. The van der Waals surface area contributed by atoms with Crippen LogP contribution in [0, 0.1) is 11.3 Å². The van der Waals surface area contributed by atoms with Crippen molar-refractivity contribution in [3.8, 4) is 6.07 Å². The fourth-order valence-electron chi connectivity index (χ4n) is 1.51. The van der Waals surface area contributed by atoms with Gasteiger partial charge in [0.2, 0.25) is 0 Å². The summed E-state index contributed by atoms with van der Waals surface area (Å²) in [6, 6.07) is 5.35. The highest BCUT2D eigenvalue weighted by atomic mass is 16.3. The standard InChI is InChI=1S/C13H12N4O2/c1-17-9-10(7-16-17)5-11(6-14)13(18)15-8-12-3-2-4-19-12/h2-5,7,9H,8H2,1H3,(H,15,18)/b11-5+. The summed E-state index contributed by atoms with van der Waals surface area (Å²) in [5, 5.41) is 15.6. The Balaban J connectivity index is 2.03. The van der Waals surface area contributed by atoms with Gasteiger partial charge < -0.3 is 9.73 Å². The quantitative estimate of drug-likeness (QED) is 0.658. The summed E-state index contributed by atoms with van der Waals surface area (Å²) in [6.07, 6.45) is 6.32. The first-order chi connectivity index (χ1) is 9.19. The highest BCUT2D eigenvalue weighted by Crippen LogP contribution is 2.06. The van der Waals surface area contributed by atoms with Crippen LogP contribution in [0.2, 0.25) is 0 Å². The predicted molar refractivity (Wildman–Crippen MR) is 67.4 cm³/mol. The molecule has 0 unspecified atom stereocenters. The van der Waals surface area contributed by atoms with Gasteiger partial charge in [-0.1, -0.05) is 0 Å². The third-order valence-electron chi connectivity index (χ3n) is 2.40. The molecule has 0 bridgehead atoms. The van der Waals surface area contributed by atoms with Gasteiger partial charge in [0.05, 0.1) is 19.0 Å². The van der Waals surface area contributed by atoms with Crippen molar-refractivity contribution < 1.29 is 9.21 Å². The van der Waals surface area contributed by atoms with Crippen LogP contribution in [0.1, 0.15) is 11.3 Å². The average molecular weight is 256 g/mol. The first kappa shape index (κ1) is 12.6. The van der Waals surface area contributed by atoms with Crippen molar-refractivity contribution in [3.63, 3.8) is 0 Å². The second-order valence-corrected chi connectivity index (χ2v) is 3.88. The Morgan fingerprint density at radius 3 is 3.11 bits per heavy atom. The molecule has 2 rings (SSSR count). The van der Waals surface area contributed by atoms with Gasteiger partial charge in [-0.15, -0.1) is 0 Å². The summed E-state index contributed by atoms with van der Waals surface area (Å²) in [5.74, 6) is 0.190. The highest BCUT2D eigenvalue weighted by molar-refractivity contribution is 6.01. The largest absolute Gasteiger partial charge is 0.467 e. The number of rotatable bonds is 4. The van der Waals surface area contributed by atoms with Crippen molar-refractivity contribution in [2.45, 2.75) is 6.54 Å². The summed E-state index contributed by atoms with van der Waals surface area (Å²) in [6.45, 7) is 0.248. The number of amides is 1. The molecule has 1 amide bonds.